The number of nitrogens with one attached hydrogen (secondary N) is 1. The summed E-state index contributed by atoms with van der Waals surface area (Å²) < 4.78 is 0. The van der Waals surface area contributed by atoms with E-state index in [1.54, 1.807) is 6.07 Å². The number of piperazine rings is 1. The molecule has 0 saturated carbocycles. The number of hydrogen-bond acceptors (Lipinski definition) is 5. The number of nitrogens with zero attached hydrogens (tertiary/aromatic N) is 2. The van der Waals surface area contributed by atoms with Gasteiger partial charge in [0.05, 0.1) is 4.92 Å². The standard InChI is InChI=1S/C15H23N3O3/c1-3-11(2)15(17-8-6-16-7-9-17)12-4-5-14(19)13(10-12)18(20)21/h4-5,10-11,15-16,19H,3,6-9H2,1-2H3/t11?,15-/m1/s1. The maximum atomic E-state index is 11.0. The van der Waals surface area contributed by atoms with E-state index in [0.29, 0.717) is 5.92 Å². The lowest BCUT2D eigenvalue weighted by Gasteiger charge is -2.38. The molecule has 1 saturated heterocycles. The van der Waals surface area contributed by atoms with Crippen molar-refractivity contribution in [2.75, 3.05) is 26.2 Å². The third kappa shape index (κ3) is 3.51. The topological polar surface area (TPSA) is 78.6 Å². The number of nitro groups is 1. The Hall–Kier alpha value is -1.66. The van der Waals surface area contributed by atoms with E-state index in [9.17, 15) is 15.2 Å². The molecule has 0 bridgehead atoms. The Morgan fingerprint density at radius 2 is 2.10 bits per heavy atom. The average Bonchev–Trinajstić information content (AvgIpc) is 2.49. The van der Waals surface area contributed by atoms with Crippen LogP contribution >= 0.6 is 0 Å². The highest BCUT2D eigenvalue weighted by Gasteiger charge is 2.28. The molecule has 2 rings (SSSR count). The Bertz CT molecular complexity index is 501. The number of aromatic hydroxyl groups is 1. The minimum atomic E-state index is -0.524. The molecule has 2 atom stereocenters. The van der Waals surface area contributed by atoms with Gasteiger partial charge in [0.25, 0.3) is 0 Å². The average molecular weight is 293 g/mol. The fourth-order valence-electron chi connectivity index (χ4n) is 2.95. The normalized spacial score (nSPS) is 19.1. The van der Waals surface area contributed by atoms with E-state index >= 15 is 0 Å². The van der Waals surface area contributed by atoms with Crippen LogP contribution in [0.1, 0.15) is 31.9 Å². The molecule has 1 unspecified atom stereocenters. The zero-order valence-electron chi connectivity index (χ0n) is 12.6. The van der Waals surface area contributed by atoms with Gasteiger partial charge in [-0.1, -0.05) is 26.3 Å². The minimum absolute atomic E-state index is 0.149. The smallest absolute Gasteiger partial charge is 0.311 e. The number of nitro benzene ring substituents is 1. The zero-order valence-corrected chi connectivity index (χ0v) is 12.6. The molecule has 1 aliphatic heterocycles. The van der Waals surface area contributed by atoms with Crippen molar-refractivity contribution in [1.82, 2.24) is 10.2 Å². The summed E-state index contributed by atoms with van der Waals surface area (Å²) in [6, 6.07) is 4.91. The Kier molecular flexibility index (Phi) is 5.14. The maximum absolute atomic E-state index is 11.0. The molecule has 1 aliphatic rings. The highest BCUT2D eigenvalue weighted by molar-refractivity contribution is 5.48. The summed E-state index contributed by atoms with van der Waals surface area (Å²) in [5, 5.41) is 24.0. The first-order valence-corrected chi connectivity index (χ1v) is 7.46. The van der Waals surface area contributed by atoms with E-state index in [1.807, 2.05) is 0 Å². The molecule has 6 nitrogen and oxygen atoms in total. The molecule has 0 spiro atoms. The summed E-state index contributed by atoms with van der Waals surface area (Å²) in [5.41, 5.74) is 0.701. The third-order valence-corrected chi connectivity index (χ3v) is 4.27. The predicted molar refractivity (Wildman–Crippen MR) is 81.4 cm³/mol. The van der Waals surface area contributed by atoms with Gasteiger partial charge in [-0.15, -0.1) is 0 Å². The van der Waals surface area contributed by atoms with Gasteiger partial charge in [-0.2, -0.15) is 0 Å². The fraction of sp³-hybridized carbons (Fsp3) is 0.600. The van der Waals surface area contributed by atoms with Gasteiger partial charge in [0.1, 0.15) is 0 Å². The molecular weight excluding hydrogens is 270 g/mol. The van der Waals surface area contributed by atoms with Gasteiger partial charge in [-0.3, -0.25) is 15.0 Å². The van der Waals surface area contributed by atoms with Crippen LogP contribution in [0.5, 0.6) is 5.75 Å². The predicted octanol–water partition coefficient (Wildman–Crippen LogP) is 2.29. The van der Waals surface area contributed by atoms with Crippen molar-refractivity contribution in [3.63, 3.8) is 0 Å². The number of phenolic OH excluding ortho intramolecular Hbond substituents is 1. The summed E-state index contributed by atoms with van der Waals surface area (Å²) in [7, 11) is 0. The Morgan fingerprint density at radius 1 is 1.43 bits per heavy atom. The SMILES string of the molecule is CCC(C)[C@H](c1ccc(O)c([N+](=O)[O-])c1)N1CCNCC1. The van der Waals surface area contributed by atoms with Crippen molar-refractivity contribution < 1.29 is 10.0 Å². The lowest BCUT2D eigenvalue weighted by Crippen LogP contribution is -2.46. The molecule has 0 aliphatic carbocycles. The fourth-order valence-corrected chi connectivity index (χ4v) is 2.95. The van der Waals surface area contributed by atoms with Gasteiger partial charge < -0.3 is 10.4 Å². The number of phenols is 1. The molecular formula is C15H23N3O3. The van der Waals surface area contributed by atoms with Crippen LogP contribution in [0.2, 0.25) is 0 Å². The summed E-state index contributed by atoms with van der Waals surface area (Å²) in [4.78, 5) is 12.9. The molecule has 116 valence electrons. The zero-order chi connectivity index (χ0) is 15.4. The lowest BCUT2D eigenvalue weighted by molar-refractivity contribution is -0.386. The van der Waals surface area contributed by atoms with Crippen molar-refractivity contribution in [2.24, 2.45) is 5.92 Å². The van der Waals surface area contributed by atoms with Crippen molar-refractivity contribution >= 4 is 5.69 Å². The molecule has 1 aromatic rings. The van der Waals surface area contributed by atoms with Crippen LogP contribution in [0.15, 0.2) is 18.2 Å². The lowest BCUT2D eigenvalue weighted by atomic mass is 9.90. The summed E-state index contributed by atoms with van der Waals surface area (Å²) in [6.45, 7) is 8.05. The quantitative estimate of drug-likeness (QED) is 0.643. The molecule has 1 heterocycles. The van der Waals surface area contributed by atoms with Crippen LogP contribution in [-0.4, -0.2) is 41.1 Å². The van der Waals surface area contributed by atoms with Crippen molar-refractivity contribution in [3.05, 3.63) is 33.9 Å². The highest BCUT2D eigenvalue weighted by Crippen LogP contribution is 2.35. The number of benzene rings is 1. The monoisotopic (exact) mass is 293 g/mol. The van der Waals surface area contributed by atoms with Crippen molar-refractivity contribution in [3.8, 4) is 5.75 Å². The van der Waals surface area contributed by atoms with Crippen LogP contribution in [0, 0.1) is 16.0 Å². The molecule has 0 aromatic heterocycles. The van der Waals surface area contributed by atoms with Gasteiger partial charge >= 0.3 is 5.69 Å². The van der Waals surface area contributed by atoms with E-state index in [1.165, 1.54) is 12.1 Å². The molecule has 1 fully saturated rings. The van der Waals surface area contributed by atoms with E-state index < -0.39 is 4.92 Å². The Labute approximate surface area is 124 Å². The van der Waals surface area contributed by atoms with Crippen LogP contribution < -0.4 is 5.32 Å². The maximum Gasteiger partial charge on any atom is 0.311 e. The first-order chi connectivity index (χ1) is 10.0. The first kappa shape index (κ1) is 15.7. The molecule has 21 heavy (non-hydrogen) atoms. The van der Waals surface area contributed by atoms with Gasteiger partial charge in [-0.25, -0.2) is 0 Å². The van der Waals surface area contributed by atoms with E-state index in [0.717, 1.165) is 38.2 Å². The van der Waals surface area contributed by atoms with Gasteiger partial charge in [0.15, 0.2) is 5.75 Å². The summed E-state index contributed by atoms with van der Waals surface area (Å²) in [5.74, 6) is 0.124. The van der Waals surface area contributed by atoms with Crippen LogP contribution in [0.3, 0.4) is 0 Å². The van der Waals surface area contributed by atoms with Crippen LogP contribution in [0.25, 0.3) is 0 Å². The van der Waals surface area contributed by atoms with Crippen molar-refractivity contribution in [2.45, 2.75) is 26.3 Å². The Balaban J connectivity index is 2.36. The summed E-state index contributed by atoms with van der Waals surface area (Å²) in [6.07, 6.45) is 1.00. The van der Waals surface area contributed by atoms with Gasteiger partial charge in [0, 0.05) is 38.3 Å². The number of hydrogen-bond donors (Lipinski definition) is 2. The summed E-state index contributed by atoms with van der Waals surface area (Å²) >= 11 is 0. The number of rotatable bonds is 5. The molecule has 2 N–H and O–H groups in total. The first-order valence-electron chi connectivity index (χ1n) is 7.46. The second-order valence-electron chi connectivity index (χ2n) is 5.62. The molecule has 0 radical (unpaired) electrons. The van der Waals surface area contributed by atoms with E-state index in [2.05, 4.69) is 24.1 Å². The largest absolute Gasteiger partial charge is 0.502 e. The third-order valence-electron chi connectivity index (χ3n) is 4.27. The second-order valence-corrected chi connectivity index (χ2v) is 5.62. The van der Waals surface area contributed by atoms with E-state index in [-0.39, 0.29) is 17.5 Å². The van der Waals surface area contributed by atoms with Crippen LogP contribution in [0.4, 0.5) is 5.69 Å². The molecule has 1 aromatic carbocycles. The van der Waals surface area contributed by atoms with Gasteiger partial charge in [0.2, 0.25) is 0 Å². The van der Waals surface area contributed by atoms with Crippen molar-refractivity contribution in [1.29, 1.82) is 0 Å². The molecule has 6 heteroatoms. The van der Waals surface area contributed by atoms with Gasteiger partial charge in [-0.05, 0) is 17.5 Å². The van der Waals surface area contributed by atoms with E-state index in [4.69, 9.17) is 0 Å². The minimum Gasteiger partial charge on any atom is -0.502 e. The van der Waals surface area contributed by atoms with Crippen LogP contribution in [-0.2, 0) is 0 Å². The molecule has 0 amide bonds. The second kappa shape index (κ2) is 6.87. The highest BCUT2D eigenvalue weighted by atomic mass is 16.6. The Morgan fingerprint density at radius 3 is 2.67 bits per heavy atom.